The standard InChI is InChI=1S/C18H14F4N2O2/c19-14-6-3-5-12(8-14)17-24-15(11-25-17)10-23-9-13-4-1-2-7-16(13)26-18(20,21)22/h1-8,11,23H,9-10H2. The van der Waals surface area contributed by atoms with Crippen molar-refractivity contribution in [1.29, 1.82) is 0 Å². The predicted octanol–water partition coefficient (Wildman–Crippen LogP) is 4.67. The predicted molar refractivity (Wildman–Crippen MR) is 85.6 cm³/mol. The van der Waals surface area contributed by atoms with Gasteiger partial charge < -0.3 is 14.5 Å². The highest BCUT2D eigenvalue weighted by Gasteiger charge is 2.31. The Morgan fingerprint density at radius 2 is 1.85 bits per heavy atom. The van der Waals surface area contributed by atoms with Gasteiger partial charge in [0.05, 0.1) is 5.69 Å². The van der Waals surface area contributed by atoms with Crippen molar-refractivity contribution in [3.8, 4) is 17.2 Å². The van der Waals surface area contributed by atoms with Crippen molar-refractivity contribution in [2.75, 3.05) is 0 Å². The van der Waals surface area contributed by atoms with Crippen molar-refractivity contribution >= 4 is 0 Å². The fraction of sp³-hybridized carbons (Fsp3) is 0.167. The van der Waals surface area contributed by atoms with E-state index in [0.717, 1.165) is 0 Å². The number of rotatable bonds is 6. The molecule has 0 aliphatic heterocycles. The molecule has 1 aromatic heterocycles. The molecule has 0 unspecified atom stereocenters. The van der Waals surface area contributed by atoms with Crippen molar-refractivity contribution in [1.82, 2.24) is 10.3 Å². The quantitative estimate of drug-likeness (QED) is 0.644. The highest BCUT2D eigenvalue weighted by Crippen LogP contribution is 2.26. The number of benzene rings is 2. The summed E-state index contributed by atoms with van der Waals surface area (Å²) in [6.07, 6.45) is -3.34. The lowest BCUT2D eigenvalue weighted by atomic mass is 10.2. The first-order valence-corrected chi connectivity index (χ1v) is 7.65. The third-order valence-electron chi connectivity index (χ3n) is 3.44. The number of nitrogens with zero attached hydrogens (tertiary/aromatic N) is 1. The Bertz CT molecular complexity index is 877. The van der Waals surface area contributed by atoms with Gasteiger partial charge in [0.1, 0.15) is 17.8 Å². The highest BCUT2D eigenvalue weighted by atomic mass is 19.4. The van der Waals surface area contributed by atoms with E-state index in [4.69, 9.17) is 4.42 Å². The first-order chi connectivity index (χ1) is 12.4. The maximum absolute atomic E-state index is 13.2. The Labute approximate surface area is 146 Å². The molecule has 26 heavy (non-hydrogen) atoms. The van der Waals surface area contributed by atoms with Gasteiger partial charge in [-0.2, -0.15) is 0 Å². The fourth-order valence-corrected chi connectivity index (χ4v) is 2.34. The third kappa shape index (κ3) is 4.82. The summed E-state index contributed by atoms with van der Waals surface area (Å²) in [5.74, 6) is -0.392. The number of hydrogen-bond acceptors (Lipinski definition) is 4. The molecule has 0 amide bonds. The van der Waals surface area contributed by atoms with Gasteiger partial charge in [-0.25, -0.2) is 9.37 Å². The average Bonchev–Trinajstić information content (AvgIpc) is 3.04. The summed E-state index contributed by atoms with van der Waals surface area (Å²) < 4.78 is 59.8. The molecule has 4 nitrogen and oxygen atoms in total. The van der Waals surface area contributed by atoms with Gasteiger partial charge in [0.25, 0.3) is 0 Å². The van der Waals surface area contributed by atoms with Crippen LogP contribution < -0.4 is 10.1 Å². The number of nitrogens with one attached hydrogen (secondary N) is 1. The molecule has 3 aromatic rings. The number of ether oxygens (including phenoxy) is 1. The van der Waals surface area contributed by atoms with E-state index in [-0.39, 0.29) is 24.7 Å². The molecule has 0 saturated carbocycles. The highest BCUT2D eigenvalue weighted by molar-refractivity contribution is 5.52. The van der Waals surface area contributed by atoms with E-state index >= 15 is 0 Å². The van der Waals surface area contributed by atoms with Gasteiger partial charge >= 0.3 is 6.36 Å². The number of hydrogen-bond donors (Lipinski definition) is 1. The zero-order valence-electron chi connectivity index (χ0n) is 13.4. The molecule has 0 atom stereocenters. The fourth-order valence-electron chi connectivity index (χ4n) is 2.34. The third-order valence-corrected chi connectivity index (χ3v) is 3.44. The Morgan fingerprint density at radius 3 is 2.62 bits per heavy atom. The molecule has 0 radical (unpaired) electrons. The maximum Gasteiger partial charge on any atom is 0.573 e. The van der Waals surface area contributed by atoms with E-state index in [1.807, 2.05) is 0 Å². The van der Waals surface area contributed by atoms with Crippen molar-refractivity contribution in [3.63, 3.8) is 0 Å². The summed E-state index contributed by atoms with van der Waals surface area (Å²) >= 11 is 0. The van der Waals surface area contributed by atoms with Gasteiger partial charge in [0, 0.05) is 24.2 Å². The molecule has 3 rings (SSSR count). The number of aromatic nitrogens is 1. The second kappa shape index (κ2) is 7.57. The lowest BCUT2D eigenvalue weighted by Gasteiger charge is -2.13. The summed E-state index contributed by atoms with van der Waals surface area (Å²) in [6.45, 7) is 0.410. The summed E-state index contributed by atoms with van der Waals surface area (Å²) in [4.78, 5) is 4.23. The van der Waals surface area contributed by atoms with E-state index in [1.54, 1.807) is 18.2 Å². The second-order valence-electron chi connectivity index (χ2n) is 5.41. The number of alkyl halides is 3. The first-order valence-electron chi connectivity index (χ1n) is 7.65. The molecule has 0 fully saturated rings. The van der Waals surface area contributed by atoms with Gasteiger partial charge in [0.15, 0.2) is 0 Å². The molecule has 0 bridgehead atoms. The van der Waals surface area contributed by atoms with Crippen LogP contribution in [0.2, 0.25) is 0 Å². The summed E-state index contributed by atoms with van der Waals surface area (Å²) in [5.41, 5.74) is 1.40. The van der Waals surface area contributed by atoms with Gasteiger partial charge in [-0.3, -0.25) is 0 Å². The Kier molecular flexibility index (Phi) is 5.22. The smallest absolute Gasteiger partial charge is 0.444 e. The van der Waals surface area contributed by atoms with E-state index in [9.17, 15) is 17.6 Å². The summed E-state index contributed by atoms with van der Waals surface area (Å²) in [6, 6.07) is 11.7. The number of oxazole rings is 1. The average molecular weight is 366 g/mol. The van der Waals surface area contributed by atoms with Gasteiger partial charge in [-0.05, 0) is 24.3 Å². The van der Waals surface area contributed by atoms with Crippen LogP contribution in [0.25, 0.3) is 11.5 Å². The lowest BCUT2D eigenvalue weighted by Crippen LogP contribution is -2.20. The molecule has 1 heterocycles. The molecule has 2 aromatic carbocycles. The van der Waals surface area contributed by atoms with Gasteiger partial charge in [-0.1, -0.05) is 24.3 Å². The monoisotopic (exact) mass is 366 g/mol. The largest absolute Gasteiger partial charge is 0.573 e. The molecule has 136 valence electrons. The normalized spacial score (nSPS) is 11.5. The SMILES string of the molecule is Fc1cccc(-c2nc(CNCc3ccccc3OC(F)(F)F)co2)c1. The Morgan fingerprint density at radius 1 is 1.04 bits per heavy atom. The summed E-state index contributed by atoms with van der Waals surface area (Å²) in [5, 5.41) is 2.98. The molecule has 8 heteroatoms. The molecular formula is C18H14F4N2O2. The van der Waals surface area contributed by atoms with Crippen molar-refractivity contribution < 1.29 is 26.7 Å². The van der Waals surface area contributed by atoms with Crippen LogP contribution in [0.1, 0.15) is 11.3 Å². The first kappa shape index (κ1) is 17.9. The minimum atomic E-state index is -4.75. The molecular weight excluding hydrogens is 352 g/mol. The minimum absolute atomic E-state index is 0.147. The van der Waals surface area contributed by atoms with Crippen LogP contribution in [0.3, 0.4) is 0 Å². The van der Waals surface area contributed by atoms with Crippen molar-refractivity contribution in [3.05, 3.63) is 71.9 Å². The zero-order chi connectivity index (χ0) is 18.6. The van der Waals surface area contributed by atoms with E-state index in [1.165, 1.54) is 36.6 Å². The van der Waals surface area contributed by atoms with Crippen LogP contribution in [-0.4, -0.2) is 11.3 Å². The van der Waals surface area contributed by atoms with Crippen LogP contribution in [0, 0.1) is 5.82 Å². The van der Waals surface area contributed by atoms with E-state index < -0.39 is 12.2 Å². The molecule has 1 N–H and O–H groups in total. The number of para-hydroxylation sites is 1. The summed E-state index contributed by atoms with van der Waals surface area (Å²) in [7, 11) is 0. The van der Waals surface area contributed by atoms with Crippen molar-refractivity contribution in [2.45, 2.75) is 19.5 Å². The number of halogens is 4. The Hall–Kier alpha value is -2.87. The topological polar surface area (TPSA) is 47.3 Å². The van der Waals surface area contributed by atoms with E-state index in [2.05, 4.69) is 15.0 Å². The lowest BCUT2D eigenvalue weighted by molar-refractivity contribution is -0.274. The molecule has 0 saturated heterocycles. The second-order valence-corrected chi connectivity index (χ2v) is 5.41. The maximum atomic E-state index is 13.2. The van der Waals surface area contributed by atoms with Gasteiger partial charge in [-0.15, -0.1) is 13.2 Å². The Balaban J connectivity index is 1.61. The van der Waals surface area contributed by atoms with Crippen molar-refractivity contribution in [2.24, 2.45) is 0 Å². The molecule has 0 aliphatic carbocycles. The van der Waals surface area contributed by atoms with E-state index in [0.29, 0.717) is 16.8 Å². The molecule has 0 aliphatic rings. The minimum Gasteiger partial charge on any atom is -0.444 e. The van der Waals surface area contributed by atoms with Crippen LogP contribution in [0.5, 0.6) is 5.75 Å². The van der Waals surface area contributed by atoms with Crippen LogP contribution in [-0.2, 0) is 13.1 Å². The zero-order valence-corrected chi connectivity index (χ0v) is 13.4. The van der Waals surface area contributed by atoms with Crippen LogP contribution >= 0.6 is 0 Å². The molecule has 0 spiro atoms. The van der Waals surface area contributed by atoms with Crippen LogP contribution in [0.15, 0.2) is 59.2 Å². The van der Waals surface area contributed by atoms with Gasteiger partial charge in [0.2, 0.25) is 5.89 Å². The van der Waals surface area contributed by atoms with Crippen LogP contribution in [0.4, 0.5) is 17.6 Å².